The second-order valence-electron chi connectivity index (χ2n) is 5.52. The first-order chi connectivity index (χ1) is 10.9. The van der Waals surface area contributed by atoms with E-state index in [1.807, 2.05) is 19.9 Å². The van der Waals surface area contributed by atoms with Crippen LogP contribution < -0.4 is 0 Å². The Morgan fingerprint density at radius 2 is 1.96 bits per heavy atom. The summed E-state index contributed by atoms with van der Waals surface area (Å²) in [6.45, 7) is 5.27. The number of rotatable bonds is 5. The number of carbonyl (C=O) groups is 1. The zero-order valence-electron chi connectivity index (χ0n) is 13.4. The fourth-order valence-corrected chi connectivity index (χ4v) is 2.16. The molecule has 0 spiro atoms. The Hall–Kier alpha value is -2.69. The van der Waals surface area contributed by atoms with Crippen LogP contribution in [0.4, 0.5) is 0 Å². The average molecular weight is 316 g/mol. The molecule has 1 aromatic heterocycles. The molecule has 5 heteroatoms. The topological polar surface area (TPSA) is 79.9 Å². The van der Waals surface area contributed by atoms with Crippen LogP contribution in [0.5, 0.6) is 11.5 Å². The summed E-state index contributed by atoms with van der Waals surface area (Å²) in [7, 11) is 0. The molecule has 0 aliphatic heterocycles. The van der Waals surface area contributed by atoms with Gasteiger partial charge in [-0.2, -0.15) is 0 Å². The maximum absolute atomic E-state index is 11.3. The molecule has 2 aromatic rings. The first-order valence-electron chi connectivity index (χ1n) is 7.29. The number of ether oxygens (including phenoxy) is 1. The van der Waals surface area contributed by atoms with E-state index in [0.717, 1.165) is 5.57 Å². The third kappa shape index (κ3) is 4.39. The Labute approximate surface area is 134 Å². The van der Waals surface area contributed by atoms with Gasteiger partial charge in [-0.25, -0.2) is 0 Å². The largest absolute Gasteiger partial charge is 0.508 e. The Bertz CT molecular complexity index is 723. The molecule has 0 aliphatic rings. The maximum atomic E-state index is 11.3. The zero-order valence-corrected chi connectivity index (χ0v) is 13.4. The lowest BCUT2D eigenvalue weighted by molar-refractivity contribution is -0.147. The molecule has 122 valence electrons. The highest BCUT2D eigenvalue weighted by molar-refractivity contribution is 5.68. The molecule has 23 heavy (non-hydrogen) atoms. The van der Waals surface area contributed by atoms with Crippen LogP contribution >= 0.6 is 0 Å². The molecular formula is C18H20O5. The number of phenolic OH excluding ortho intramolecular Hbond substituents is 2. The van der Waals surface area contributed by atoms with Crippen LogP contribution in [0.25, 0.3) is 11.3 Å². The zero-order chi connectivity index (χ0) is 17.0. The van der Waals surface area contributed by atoms with Gasteiger partial charge in [0.25, 0.3) is 0 Å². The summed E-state index contributed by atoms with van der Waals surface area (Å²) in [5, 5.41) is 19.4. The van der Waals surface area contributed by atoms with Crippen LogP contribution in [0.2, 0.25) is 0 Å². The molecule has 1 atom stereocenters. The molecule has 0 aliphatic carbocycles. The van der Waals surface area contributed by atoms with Gasteiger partial charge in [-0.15, -0.1) is 0 Å². The first kappa shape index (κ1) is 16.7. The van der Waals surface area contributed by atoms with Crippen molar-refractivity contribution in [3.05, 3.63) is 47.7 Å². The van der Waals surface area contributed by atoms with Crippen LogP contribution in [0, 0.1) is 0 Å². The summed E-state index contributed by atoms with van der Waals surface area (Å²) in [6, 6.07) is 7.56. The number of esters is 1. The highest BCUT2D eigenvalue weighted by Crippen LogP contribution is 2.35. The quantitative estimate of drug-likeness (QED) is 0.488. The molecule has 0 bridgehead atoms. The van der Waals surface area contributed by atoms with Crippen LogP contribution in [0.1, 0.15) is 39.1 Å². The standard InChI is InChI=1S/C18H20O5/c1-11(2)4-7-17(22-12(3)19)18-9-8-16(23-18)14-10-13(20)5-6-15(14)21/h4-6,8-10,17,20-21H,7H2,1-3H3/t17-/m0/s1. The van der Waals surface area contributed by atoms with Crippen molar-refractivity contribution in [1.29, 1.82) is 0 Å². The molecule has 0 unspecified atom stereocenters. The third-order valence-corrected chi connectivity index (χ3v) is 3.24. The van der Waals surface area contributed by atoms with Crippen molar-refractivity contribution in [1.82, 2.24) is 0 Å². The number of allylic oxidation sites excluding steroid dienone is 1. The van der Waals surface area contributed by atoms with Gasteiger partial charge in [0.1, 0.15) is 23.0 Å². The number of carbonyl (C=O) groups excluding carboxylic acids is 1. The van der Waals surface area contributed by atoms with Crippen LogP contribution in [0.15, 0.2) is 46.4 Å². The molecule has 0 fully saturated rings. The van der Waals surface area contributed by atoms with E-state index in [1.54, 1.807) is 12.1 Å². The highest BCUT2D eigenvalue weighted by Gasteiger charge is 2.19. The molecule has 2 rings (SSSR count). The monoisotopic (exact) mass is 316 g/mol. The van der Waals surface area contributed by atoms with Crippen LogP contribution in [0.3, 0.4) is 0 Å². The fourth-order valence-electron chi connectivity index (χ4n) is 2.16. The molecule has 0 saturated carbocycles. The predicted octanol–water partition coefficient (Wildman–Crippen LogP) is 4.32. The van der Waals surface area contributed by atoms with Crippen molar-refractivity contribution in [3.8, 4) is 22.8 Å². The Balaban J connectivity index is 2.32. The second kappa shape index (κ2) is 7.05. The van der Waals surface area contributed by atoms with Crippen molar-refractivity contribution < 1.29 is 24.2 Å². The third-order valence-electron chi connectivity index (χ3n) is 3.24. The highest BCUT2D eigenvalue weighted by atomic mass is 16.5. The number of phenols is 2. The van der Waals surface area contributed by atoms with E-state index < -0.39 is 12.1 Å². The minimum Gasteiger partial charge on any atom is -0.508 e. The number of hydrogen-bond acceptors (Lipinski definition) is 5. The summed E-state index contributed by atoms with van der Waals surface area (Å²) in [5.74, 6) is 0.502. The van der Waals surface area contributed by atoms with Gasteiger partial charge < -0.3 is 19.4 Å². The molecule has 5 nitrogen and oxygen atoms in total. The fraction of sp³-hybridized carbons (Fsp3) is 0.278. The molecule has 1 heterocycles. The van der Waals surface area contributed by atoms with E-state index in [-0.39, 0.29) is 11.5 Å². The summed E-state index contributed by atoms with van der Waals surface area (Å²) < 4.78 is 11.0. The minimum atomic E-state index is -0.532. The number of aromatic hydroxyl groups is 2. The van der Waals surface area contributed by atoms with Crippen molar-refractivity contribution in [3.63, 3.8) is 0 Å². The lowest BCUT2D eigenvalue weighted by Crippen LogP contribution is -2.07. The molecular weight excluding hydrogens is 296 g/mol. The minimum absolute atomic E-state index is 0.00275. The van der Waals surface area contributed by atoms with E-state index in [4.69, 9.17) is 9.15 Å². The van der Waals surface area contributed by atoms with Crippen molar-refractivity contribution in [2.24, 2.45) is 0 Å². The Kier molecular flexibility index (Phi) is 5.11. The van der Waals surface area contributed by atoms with Crippen molar-refractivity contribution >= 4 is 5.97 Å². The van der Waals surface area contributed by atoms with E-state index in [1.165, 1.54) is 25.1 Å². The molecule has 0 saturated heterocycles. The van der Waals surface area contributed by atoms with E-state index in [2.05, 4.69) is 0 Å². The Morgan fingerprint density at radius 1 is 1.22 bits per heavy atom. The number of furan rings is 1. The van der Waals surface area contributed by atoms with Gasteiger partial charge in [0.15, 0.2) is 6.10 Å². The predicted molar refractivity (Wildman–Crippen MR) is 86.0 cm³/mol. The van der Waals surface area contributed by atoms with Gasteiger partial charge in [-0.3, -0.25) is 4.79 Å². The van der Waals surface area contributed by atoms with E-state index in [0.29, 0.717) is 23.5 Å². The number of benzene rings is 1. The molecule has 1 aromatic carbocycles. The maximum Gasteiger partial charge on any atom is 0.303 e. The van der Waals surface area contributed by atoms with Gasteiger partial charge in [0.2, 0.25) is 0 Å². The summed E-state index contributed by atoms with van der Waals surface area (Å²) in [5.41, 5.74) is 1.49. The number of hydrogen-bond donors (Lipinski definition) is 2. The first-order valence-corrected chi connectivity index (χ1v) is 7.29. The summed E-state index contributed by atoms with van der Waals surface area (Å²) in [4.78, 5) is 11.3. The van der Waals surface area contributed by atoms with E-state index in [9.17, 15) is 15.0 Å². The Morgan fingerprint density at radius 3 is 2.61 bits per heavy atom. The molecule has 0 radical (unpaired) electrons. The van der Waals surface area contributed by atoms with Gasteiger partial charge in [-0.05, 0) is 44.2 Å². The summed E-state index contributed by atoms with van der Waals surface area (Å²) in [6.07, 6.45) is 1.93. The molecule has 2 N–H and O–H groups in total. The second-order valence-corrected chi connectivity index (χ2v) is 5.52. The SMILES string of the molecule is CC(=O)O[C@@H](CC=C(C)C)c1ccc(-c2cc(O)ccc2O)o1. The van der Waals surface area contributed by atoms with Gasteiger partial charge in [0.05, 0.1) is 5.56 Å². The molecule has 0 amide bonds. The van der Waals surface area contributed by atoms with Crippen molar-refractivity contribution in [2.45, 2.75) is 33.3 Å². The van der Waals surface area contributed by atoms with Crippen molar-refractivity contribution in [2.75, 3.05) is 0 Å². The lowest BCUT2D eigenvalue weighted by Gasteiger charge is -2.13. The van der Waals surface area contributed by atoms with Crippen LogP contribution in [-0.2, 0) is 9.53 Å². The van der Waals surface area contributed by atoms with Gasteiger partial charge in [-0.1, -0.05) is 11.6 Å². The van der Waals surface area contributed by atoms with Gasteiger partial charge in [0, 0.05) is 13.3 Å². The smallest absolute Gasteiger partial charge is 0.303 e. The van der Waals surface area contributed by atoms with Gasteiger partial charge >= 0.3 is 5.97 Å². The van der Waals surface area contributed by atoms with E-state index >= 15 is 0 Å². The van der Waals surface area contributed by atoms with Crippen LogP contribution in [-0.4, -0.2) is 16.2 Å². The summed E-state index contributed by atoms with van der Waals surface area (Å²) >= 11 is 0. The normalized spacial score (nSPS) is 11.8. The lowest BCUT2D eigenvalue weighted by atomic mass is 10.1. The average Bonchev–Trinajstić information content (AvgIpc) is 2.95.